The summed E-state index contributed by atoms with van der Waals surface area (Å²) in [5, 5.41) is 9.00. The van der Waals surface area contributed by atoms with Gasteiger partial charge in [0, 0.05) is 31.7 Å². The van der Waals surface area contributed by atoms with Crippen molar-refractivity contribution < 1.29 is 5.11 Å². The zero-order valence-corrected chi connectivity index (χ0v) is 11.2. The van der Waals surface area contributed by atoms with Crippen LogP contribution in [0.2, 0.25) is 0 Å². The summed E-state index contributed by atoms with van der Waals surface area (Å²) in [5.74, 6) is 2.93. The van der Waals surface area contributed by atoms with Crippen molar-refractivity contribution in [3.63, 3.8) is 0 Å². The number of aliphatic hydroxyl groups is 1. The molecule has 2 heterocycles. The number of nitrogens with two attached hydrogens (primary N) is 1. The molecule has 0 bridgehead atoms. The summed E-state index contributed by atoms with van der Waals surface area (Å²) in [6, 6.07) is 0. The molecule has 0 amide bonds. The van der Waals surface area contributed by atoms with Gasteiger partial charge < -0.3 is 15.7 Å². The Labute approximate surface area is 108 Å². The van der Waals surface area contributed by atoms with E-state index in [4.69, 9.17) is 10.8 Å². The number of anilines is 2. The fraction of sp³-hybridized carbons (Fsp3) is 0.692. The number of rotatable bonds is 4. The number of aryl methyl sites for hydroxylation is 1. The maximum absolute atomic E-state index is 9.00. The molecule has 1 aromatic rings. The van der Waals surface area contributed by atoms with Gasteiger partial charge in [0.15, 0.2) is 0 Å². The van der Waals surface area contributed by atoms with E-state index in [0.29, 0.717) is 11.7 Å². The van der Waals surface area contributed by atoms with E-state index in [9.17, 15) is 0 Å². The molecular weight excluding hydrogens is 228 g/mol. The van der Waals surface area contributed by atoms with E-state index in [1.165, 1.54) is 0 Å². The summed E-state index contributed by atoms with van der Waals surface area (Å²) < 4.78 is 0. The van der Waals surface area contributed by atoms with Crippen LogP contribution in [0.25, 0.3) is 0 Å². The predicted octanol–water partition coefficient (Wildman–Crippen LogP) is 1.14. The molecule has 0 aromatic carbocycles. The maximum Gasteiger partial charge on any atom is 0.137 e. The number of aliphatic hydroxyl groups excluding tert-OH is 1. The van der Waals surface area contributed by atoms with Gasteiger partial charge in [-0.3, -0.25) is 0 Å². The molecule has 1 fully saturated rings. The summed E-state index contributed by atoms with van der Waals surface area (Å²) in [5.41, 5.74) is 6.91. The molecule has 0 saturated carbocycles. The molecule has 1 aliphatic heterocycles. The van der Waals surface area contributed by atoms with Crippen molar-refractivity contribution in [1.82, 2.24) is 9.97 Å². The minimum absolute atomic E-state index is 0.267. The SMILES string of the molecule is CCc1nc(N)c(C)c(N2CCC(CCO)C2)n1. The zero-order valence-electron chi connectivity index (χ0n) is 11.2. The van der Waals surface area contributed by atoms with Gasteiger partial charge in [0.1, 0.15) is 17.5 Å². The minimum atomic E-state index is 0.267. The molecule has 100 valence electrons. The average Bonchev–Trinajstić information content (AvgIpc) is 2.81. The first-order chi connectivity index (χ1) is 8.65. The van der Waals surface area contributed by atoms with Gasteiger partial charge in [0.25, 0.3) is 0 Å². The van der Waals surface area contributed by atoms with E-state index >= 15 is 0 Å². The van der Waals surface area contributed by atoms with Crippen LogP contribution in [0.4, 0.5) is 11.6 Å². The molecule has 1 aromatic heterocycles. The lowest BCUT2D eigenvalue weighted by Crippen LogP contribution is -2.23. The van der Waals surface area contributed by atoms with Crippen LogP contribution in [0.1, 0.15) is 31.2 Å². The third-order valence-corrected chi connectivity index (χ3v) is 3.64. The molecule has 5 heteroatoms. The summed E-state index contributed by atoms with van der Waals surface area (Å²) >= 11 is 0. The minimum Gasteiger partial charge on any atom is -0.396 e. The summed E-state index contributed by atoms with van der Waals surface area (Å²) in [6.45, 7) is 6.23. The molecule has 1 unspecified atom stereocenters. The fourth-order valence-corrected chi connectivity index (χ4v) is 2.48. The number of aromatic nitrogens is 2. The maximum atomic E-state index is 9.00. The fourth-order valence-electron chi connectivity index (χ4n) is 2.48. The largest absolute Gasteiger partial charge is 0.396 e. The Balaban J connectivity index is 2.20. The van der Waals surface area contributed by atoms with Gasteiger partial charge in [-0.25, -0.2) is 9.97 Å². The Morgan fingerprint density at radius 2 is 2.22 bits per heavy atom. The van der Waals surface area contributed by atoms with Crippen molar-refractivity contribution in [3.05, 3.63) is 11.4 Å². The molecule has 0 spiro atoms. The first kappa shape index (κ1) is 13.1. The lowest BCUT2D eigenvalue weighted by Gasteiger charge is -2.21. The van der Waals surface area contributed by atoms with Gasteiger partial charge in [0.05, 0.1) is 0 Å². The second kappa shape index (κ2) is 5.52. The van der Waals surface area contributed by atoms with Gasteiger partial charge in [-0.2, -0.15) is 0 Å². The summed E-state index contributed by atoms with van der Waals surface area (Å²) in [6.07, 6.45) is 2.79. The van der Waals surface area contributed by atoms with Crippen molar-refractivity contribution in [3.8, 4) is 0 Å². The second-order valence-electron chi connectivity index (χ2n) is 4.94. The van der Waals surface area contributed by atoms with Gasteiger partial charge in [0.2, 0.25) is 0 Å². The molecular formula is C13H22N4O. The smallest absolute Gasteiger partial charge is 0.137 e. The van der Waals surface area contributed by atoms with E-state index in [-0.39, 0.29) is 6.61 Å². The highest BCUT2D eigenvalue weighted by molar-refractivity contribution is 5.57. The normalized spacial score (nSPS) is 19.5. The van der Waals surface area contributed by atoms with Gasteiger partial charge in [-0.1, -0.05) is 6.92 Å². The Bertz CT molecular complexity index is 422. The van der Waals surface area contributed by atoms with Crippen LogP contribution in [0.3, 0.4) is 0 Å². The molecule has 1 atom stereocenters. The molecule has 0 radical (unpaired) electrons. The highest BCUT2D eigenvalue weighted by Gasteiger charge is 2.25. The monoisotopic (exact) mass is 250 g/mol. The highest BCUT2D eigenvalue weighted by Crippen LogP contribution is 2.28. The highest BCUT2D eigenvalue weighted by atomic mass is 16.3. The lowest BCUT2D eigenvalue weighted by molar-refractivity contribution is 0.263. The van der Waals surface area contributed by atoms with Crippen molar-refractivity contribution in [2.24, 2.45) is 5.92 Å². The van der Waals surface area contributed by atoms with E-state index in [0.717, 1.165) is 49.6 Å². The first-order valence-electron chi connectivity index (χ1n) is 6.64. The topological polar surface area (TPSA) is 75.3 Å². The van der Waals surface area contributed by atoms with Crippen molar-refractivity contribution >= 4 is 11.6 Å². The van der Waals surface area contributed by atoms with Crippen molar-refractivity contribution in [1.29, 1.82) is 0 Å². The molecule has 1 saturated heterocycles. The molecule has 5 nitrogen and oxygen atoms in total. The van der Waals surface area contributed by atoms with Crippen LogP contribution < -0.4 is 10.6 Å². The average molecular weight is 250 g/mol. The lowest BCUT2D eigenvalue weighted by atomic mass is 10.1. The predicted molar refractivity (Wildman–Crippen MR) is 72.6 cm³/mol. The van der Waals surface area contributed by atoms with Crippen LogP contribution in [0.15, 0.2) is 0 Å². The van der Waals surface area contributed by atoms with Crippen LogP contribution in [0, 0.1) is 12.8 Å². The molecule has 18 heavy (non-hydrogen) atoms. The quantitative estimate of drug-likeness (QED) is 0.838. The molecule has 2 rings (SSSR count). The van der Waals surface area contributed by atoms with Crippen LogP contribution in [-0.4, -0.2) is 34.8 Å². The standard InChI is InChI=1S/C13H22N4O/c1-3-11-15-12(14)9(2)13(16-11)17-6-4-10(8-17)5-7-18/h10,18H,3-8H2,1-2H3,(H2,14,15,16). The Morgan fingerprint density at radius 3 is 2.89 bits per heavy atom. The third kappa shape index (κ3) is 2.56. The summed E-state index contributed by atoms with van der Waals surface area (Å²) in [4.78, 5) is 11.1. The van der Waals surface area contributed by atoms with Crippen LogP contribution in [-0.2, 0) is 6.42 Å². The first-order valence-corrected chi connectivity index (χ1v) is 6.64. The van der Waals surface area contributed by atoms with Crippen LogP contribution >= 0.6 is 0 Å². The zero-order chi connectivity index (χ0) is 13.1. The molecule has 0 aliphatic carbocycles. The van der Waals surface area contributed by atoms with E-state index in [1.54, 1.807) is 0 Å². The number of hydrogen-bond acceptors (Lipinski definition) is 5. The van der Waals surface area contributed by atoms with Crippen molar-refractivity contribution in [2.75, 3.05) is 30.3 Å². The van der Waals surface area contributed by atoms with E-state index < -0.39 is 0 Å². The molecule has 1 aliphatic rings. The van der Waals surface area contributed by atoms with E-state index in [2.05, 4.69) is 14.9 Å². The van der Waals surface area contributed by atoms with Gasteiger partial charge in [-0.05, 0) is 25.7 Å². The summed E-state index contributed by atoms with van der Waals surface area (Å²) in [7, 11) is 0. The van der Waals surface area contributed by atoms with Crippen molar-refractivity contribution in [2.45, 2.75) is 33.1 Å². The Hall–Kier alpha value is -1.36. The van der Waals surface area contributed by atoms with Gasteiger partial charge >= 0.3 is 0 Å². The molecule has 3 N–H and O–H groups in total. The number of hydrogen-bond donors (Lipinski definition) is 2. The Morgan fingerprint density at radius 1 is 1.44 bits per heavy atom. The number of nitrogens with zero attached hydrogens (tertiary/aromatic N) is 3. The van der Waals surface area contributed by atoms with E-state index in [1.807, 2.05) is 13.8 Å². The van der Waals surface area contributed by atoms with Gasteiger partial charge in [-0.15, -0.1) is 0 Å². The Kier molecular flexibility index (Phi) is 4.01. The second-order valence-corrected chi connectivity index (χ2v) is 4.94. The third-order valence-electron chi connectivity index (χ3n) is 3.64. The van der Waals surface area contributed by atoms with Crippen LogP contribution in [0.5, 0.6) is 0 Å². The number of nitrogen functional groups attached to an aromatic ring is 1.